The number of rotatable bonds is 7. The molecule has 0 aliphatic rings. The maximum Gasteiger partial charge on any atom is 0.131 e. The molecular weight excluding hydrogens is 256 g/mol. The largest absolute Gasteiger partial charge is 0.497 e. The second-order valence-corrected chi connectivity index (χ2v) is 4.35. The number of benzene rings is 1. The molecule has 2 rings (SSSR count). The summed E-state index contributed by atoms with van der Waals surface area (Å²) in [4.78, 5) is 4.60. The maximum atomic E-state index is 5.57. The highest BCUT2D eigenvalue weighted by Crippen LogP contribution is 2.24. The summed E-state index contributed by atoms with van der Waals surface area (Å²) in [7, 11) is 5.17. The molecule has 1 N–H and O–H groups in total. The summed E-state index contributed by atoms with van der Waals surface area (Å²) in [5.74, 6) is 1.62. The summed E-state index contributed by atoms with van der Waals surface area (Å²) in [6, 6.07) is 7.93. The van der Waals surface area contributed by atoms with Gasteiger partial charge in [-0.15, -0.1) is 0 Å². The van der Waals surface area contributed by atoms with E-state index >= 15 is 0 Å². The van der Waals surface area contributed by atoms with Crippen LogP contribution in [0.15, 0.2) is 24.3 Å². The molecule has 0 saturated carbocycles. The van der Waals surface area contributed by atoms with Crippen molar-refractivity contribution in [2.24, 2.45) is 0 Å². The molecule has 108 valence electrons. The zero-order valence-corrected chi connectivity index (χ0v) is 12.1. The normalized spacial score (nSPS) is 10.8. The van der Waals surface area contributed by atoms with Gasteiger partial charge in [0.15, 0.2) is 0 Å². The van der Waals surface area contributed by atoms with E-state index in [1.165, 1.54) is 0 Å². The Kier molecular flexibility index (Phi) is 5.15. The van der Waals surface area contributed by atoms with Crippen LogP contribution >= 0.6 is 0 Å². The van der Waals surface area contributed by atoms with Crippen LogP contribution in [0, 0.1) is 0 Å². The average molecular weight is 276 g/mol. The lowest BCUT2D eigenvalue weighted by Gasteiger charge is -2.11. The van der Waals surface area contributed by atoms with E-state index < -0.39 is 0 Å². The molecule has 0 atom stereocenters. The van der Waals surface area contributed by atoms with Crippen LogP contribution < -0.4 is 10.1 Å². The SMILES string of the molecule is CNc1nc2cc(OC)ccc2cc1COCCOC. The molecular formula is C15H20N2O3. The zero-order chi connectivity index (χ0) is 14.4. The van der Waals surface area contributed by atoms with Crippen LogP contribution in [0.1, 0.15) is 5.56 Å². The molecule has 0 aliphatic carbocycles. The molecule has 5 nitrogen and oxygen atoms in total. The van der Waals surface area contributed by atoms with E-state index in [0.717, 1.165) is 28.0 Å². The summed E-state index contributed by atoms with van der Waals surface area (Å²) in [5.41, 5.74) is 1.93. The first kappa shape index (κ1) is 14.6. The molecule has 0 spiro atoms. The van der Waals surface area contributed by atoms with Crippen molar-refractivity contribution >= 4 is 16.7 Å². The molecule has 1 aromatic heterocycles. The van der Waals surface area contributed by atoms with Crippen molar-refractivity contribution in [1.82, 2.24) is 4.98 Å². The van der Waals surface area contributed by atoms with Crippen molar-refractivity contribution in [1.29, 1.82) is 0 Å². The van der Waals surface area contributed by atoms with Crippen LogP contribution in [0.5, 0.6) is 5.75 Å². The van der Waals surface area contributed by atoms with Crippen molar-refractivity contribution in [3.8, 4) is 5.75 Å². The minimum atomic E-state index is 0.508. The number of hydrogen-bond donors (Lipinski definition) is 1. The molecule has 5 heteroatoms. The van der Waals surface area contributed by atoms with Gasteiger partial charge in [0.1, 0.15) is 11.6 Å². The van der Waals surface area contributed by atoms with Gasteiger partial charge >= 0.3 is 0 Å². The van der Waals surface area contributed by atoms with Crippen LogP contribution in [0.4, 0.5) is 5.82 Å². The van der Waals surface area contributed by atoms with Crippen molar-refractivity contribution in [3.05, 3.63) is 29.8 Å². The third kappa shape index (κ3) is 3.37. The van der Waals surface area contributed by atoms with Gasteiger partial charge in [-0.25, -0.2) is 4.98 Å². The molecule has 0 fully saturated rings. The van der Waals surface area contributed by atoms with Crippen molar-refractivity contribution < 1.29 is 14.2 Å². The second kappa shape index (κ2) is 7.07. The number of hydrogen-bond acceptors (Lipinski definition) is 5. The highest BCUT2D eigenvalue weighted by molar-refractivity contribution is 5.83. The van der Waals surface area contributed by atoms with Crippen LogP contribution in [0.3, 0.4) is 0 Å². The Balaban J connectivity index is 2.25. The Labute approximate surface area is 118 Å². The van der Waals surface area contributed by atoms with Gasteiger partial charge in [-0.3, -0.25) is 0 Å². The molecule has 0 saturated heterocycles. The molecule has 0 unspecified atom stereocenters. The smallest absolute Gasteiger partial charge is 0.131 e. The fourth-order valence-corrected chi connectivity index (χ4v) is 1.97. The standard InChI is InChI=1S/C15H20N2O3/c1-16-15-12(10-20-7-6-18-2)8-11-4-5-13(19-3)9-14(11)17-15/h4-5,8-9H,6-7,10H2,1-3H3,(H,16,17). The molecule has 0 amide bonds. The number of methoxy groups -OCH3 is 2. The van der Waals surface area contributed by atoms with Crippen LogP contribution in [0.25, 0.3) is 10.9 Å². The summed E-state index contributed by atoms with van der Waals surface area (Å²) >= 11 is 0. The predicted molar refractivity (Wildman–Crippen MR) is 79.4 cm³/mol. The van der Waals surface area contributed by atoms with Gasteiger partial charge in [0.25, 0.3) is 0 Å². The number of pyridine rings is 1. The average Bonchev–Trinajstić information content (AvgIpc) is 2.50. The topological polar surface area (TPSA) is 52.6 Å². The van der Waals surface area contributed by atoms with E-state index in [1.807, 2.05) is 25.2 Å². The van der Waals surface area contributed by atoms with E-state index in [9.17, 15) is 0 Å². The van der Waals surface area contributed by atoms with E-state index in [2.05, 4.69) is 16.4 Å². The molecule has 1 heterocycles. The van der Waals surface area contributed by atoms with Crippen molar-refractivity contribution in [2.45, 2.75) is 6.61 Å². The molecule has 1 aromatic carbocycles. The fraction of sp³-hybridized carbons (Fsp3) is 0.400. The van der Waals surface area contributed by atoms with Crippen molar-refractivity contribution in [3.63, 3.8) is 0 Å². The van der Waals surface area contributed by atoms with Gasteiger partial charge in [-0.2, -0.15) is 0 Å². The molecule has 20 heavy (non-hydrogen) atoms. The third-order valence-corrected chi connectivity index (χ3v) is 3.03. The van der Waals surface area contributed by atoms with Crippen LogP contribution in [-0.2, 0) is 16.1 Å². The van der Waals surface area contributed by atoms with Crippen LogP contribution in [0.2, 0.25) is 0 Å². The van der Waals surface area contributed by atoms with Gasteiger partial charge in [-0.1, -0.05) is 0 Å². The zero-order valence-electron chi connectivity index (χ0n) is 12.1. The first-order valence-electron chi connectivity index (χ1n) is 6.50. The number of anilines is 1. The Morgan fingerprint density at radius 1 is 1.15 bits per heavy atom. The molecule has 0 radical (unpaired) electrons. The van der Waals surface area contributed by atoms with E-state index in [-0.39, 0.29) is 0 Å². The van der Waals surface area contributed by atoms with Crippen LogP contribution in [-0.4, -0.2) is 39.5 Å². The number of fused-ring (bicyclic) bond motifs is 1. The van der Waals surface area contributed by atoms with Gasteiger partial charge in [-0.05, 0) is 18.2 Å². The number of aromatic nitrogens is 1. The van der Waals surface area contributed by atoms with E-state index in [1.54, 1.807) is 14.2 Å². The van der Waals surface area contributed by atoms with E-state index in [4.69, 9.17) is 14.2 Å². The Morgan fingerprint density at radius 2 is 2.00 bits per heavy atom. The lowest BCUT2D eigenvalue weighted by Crippen LogP contribution is -2.05. The summed E-state index contributed by atoms with van der Waals surface area (Å²) in [6.45, 7) is 1.67. The minimum absolute atomic E-state index is 0.508. The molecule has 2 aromatic rings. The quantitative estimate of drug-likeness (QED) is 0.787. The Morgan fingerprint density at radius 3 is 2.70 bits per heavy atom. The number of nitrogens with zero attached hydrogens (tertiary/aromatic N) is 1. The second-order valence-electron chi connectivity index (χ2n) is 4.35. The lowest BCUT2D eigenvalue weighted by molar-refractivity contribution is 0.0618. The van der Waals surface area contributed by atoms with Gasteiger partial charge in [0.2, 0.25) is 0 Å². The predicted octanol–water partition coefficient (Wildman–Crippen LogP) is 2.45. The first-order valence-corrected chi connectivity index (χ1v) is 6.50. The number of ether oxygens (including phenoxy) is 3. The molecule has 0 bridgehead atoms. The lowest BCUT2D eigenvalue weighted by atomic mass is 10.1. The maximum absolute atomic E-state index is 5.57. The third-order valence-electron chi connectivity index (χ3n) is 3.03. The fourth-order valence-electron chi connectivity index (χ4n) is 1.97. The van der Waals surface area contributed by atoms with E-state index in [0.29, 0.717) is 19.8 Å². The minimum Gasteiger partial charge on any atom is -0.497 e. The summed E-state index contributed by atoms with van der Waals surface area (Å²) in [5, 5.41) is 4.17. The monoisotopic (exact) mass is 276 g/mol. The van der Waals surface area contributed by atoms with Gasteiger partial charge < -0.3 is 19.5 Å². The Bertz CT molecular complexity index is 572. The summed E-state index contributed by atoms with van der Waals surface area (Å²) < 4.78 is 15.7. The van der Waals surface area contributed by atoms with Gasteiger partial charge in [0.05, 0.1) is 32.4 Å². The highest BCUT2D eigenvalue weighted by atomic mass is 16.5. The summed E-state index contributed by atoms with van der Waals surface area (Å²) in [6.07, 6.45) is 0. The first-order chi connectivity index (χ1) is 9.78. The number of nitrogens with one attached hydrogen (secondary N) is 1. The van der Waals surface area contributed by atoms with Crippen molar-refractivity contribution in [2.75, 3.05) is 39.8 Å². The van der Waals surface area contributed by atoms with Gasteiger partial charge in [0, 0.05) is 31.2 Å². The Hall–Kier alpha value is -1.85. The highest BCUT2D eigenvalue weighted by Gasteiger charge is 2.07. The molecule has 0 aliphatic heterocycles.